The molecule has 1 aliphatic rings. The van der Waals surface area contributed by atoms with Crippen molar-refractivity contribution in [2.45, 2.75) is 36.0 Å². The van der Waals surface area contributed by atoms with Crippen LogP contribution < -0.4 is 0 Å². The molecule has 3 nitrogen and oxygen atoms in total. The standard InChI is InChI=1S/C14H19NO2S/c1-14(2,9-16)15(3)13(17)12-8-10-6-4-5-7-11(10)18-12/h4-7,12,16H,8-9H2,1-3H3. The molecule has 0 bridgehead atoms. The maximum absolute atomic E-state index is 12.4. The van der Waals surface area contributed by atoms with Crippen LogP contribution in [0.15, 0.2) is 29.2 Å². The van der Waals surface area contributed by atoms with E-state index in [1.807, 2.05) is 26.0 Å². The van der Waals surface area contributed by atoms with E-state index in [-0.39, 0.29) is 17.8 Å². The van der Waals surface area contributed by atoms with Crippen molar-refractivity contribution in [3.8, 4) is 0 Å². The van der Waals surface area contributed by atoms with Gasteiger partial charge in [-0.3, -0.25) is 4.79 Å². The molecule has 0 fully saturated rings. The molecule has 1 aromatic carbocycles. The topological polar surface area (TPSA) is 40.5 Å². The number of carbonyl (C=O) groups is 1. The molecule has 1 amide bonds. The van der Waals surface area contributed by atoms with Crippen LogP contribution in [0.2, 0.25) is 0 Å². The van der Waals surface area contributed by atoms with Crippen LogP contribution >= 0.6 is 11.8 Å². The summed E-state index contributed by atoms with van der Waals surface area (Å²) in [4.78, 5) is 15.3. The molecule has 18 heavy (non-hydrogen) atoms. The van der Waals surface area contributed by atoms with Gasteiger partial charge in [0.05, 0.1) is 17.4 Å². The van der Waals surface area contributed by atoms with Crippen LogP contribution in [0.5, 0.6) is 0 Å². The largest absolute Gasteiger partial charge is 0.394 e. The Hall–Kier alpha value is -1.00. The lowest BCUT2D eigenvalue weighted by Crippen LogP contribution is -2.50. The smallest absolute Gasteiger partial charge is 0.236 e. The third-order valence-electron chi connectivity index (χ3n) is 3.55. The Labute approximate surface area is 112 Å². The molecule has 0 saturated carbocycles. The number of fused-ring (bicyclic) bond motifs is 1. The summed E-state index contributed by atoms with van der Waals surface area (Å²) in [5.41, 5.74) is 0.739. The molecule has 1 unspecified atom stereocenters. The maximum Gasteiger partial charge on any atom is 0.236 e. The van der Waals surface area contributed by atoms with E-state index in [4.69, 9.17) is 0 Å². The lowest BCUT2D eigenvalue weighted by atomic mass is 10.0. The molecule has 0 aliphatic carbocycles. The second kappa shape index (κ2) is 4.94. The van der Waals surface area contributed by atoms with Crippen LogP contribution in [-0.2, 0) is 11.2 Å². The molecular formula is C14H19NO2S. The van der Waals surface area contributed by atoms with Gasteiger partial charge in [-0.2, -0.15) is 0 Å². The lowest BCUT2D eigenvalue weighted by Gasteiger charge is -2.35. The molecule has 0 spiro atoms. The van der Waals surface area contributed by atoms with E-state index in [2.05, 4.69) is 12.1 Å². The number of likely N-dealkylation sites (N-methyl/N-ethyl adjacent to an activating group) is 1. The molecule has 0 radical (unpaired) electrons. The van der Waals surface area contributed by atoms with E-state index in [1.54, 1.807) is 23.7 Å². The summed E-state index contributed by atoms with van der Waals surface area (Å²) in [5, 5.41) is 9.27. The van der Waals surface area contributed by atoms with Gasteiger partial charge in [-0.1, -0.05) is 18.2 Å². The Balaban J connectivity index is 2.10. The van der Waals surface area contributed by atoms with Crippen LogP contribution in [0.1, 0.15) is 19.4 Å². The van der Waals surface area contributed by atoms with Gasteiger partial charge in [-0.25, -0.2) is 0 Å². The summed E-state index contributed by atoms with van der Waals surface area (Å²) in [7, 11) is 1.77. The summed E-state index contributed by atoms with van der Waals surface area (Å²) >= 11 is 1.63. The van der Waals surface area contributed by atoms with E-state index in [9.17, 15) is 9.90 Å². The highest BCUT2D eigenvalue weighted by molar-refractivity contribution is 8.01. The van der Waals surface area contributed by atoms with Crippen molar-refractivity contribution in [3.05, 3.63) is 29.8 Å². The summed E-state index contributed by atoms with van der Waals surface area (Å²) in [6.07, 6.45) is 0.783. The average molecular weight is 265 g/mol. The van der Waals surface area contributed by atoms with Gasteiger partial charge in [-0.05, 0) is 31.9 Å². The van der Waals surface area contributed by atoms with Gasteiger partial charge in [0.1, 0.15) is 0 Å². The fraction of sp³-hybridized carbons (Fsp3) is 0.500. The summed E-state index contributed by atoms with van der Waals surface area (Å²) in [6, 6.07) is 8.14. The third-order valence-corrected chi connectivity index (χ3v) is 4.85. The predicted octanol–water partition coefficient (Wildman–Crippen LogP) is 1.93. The van der Waals surface area contributed by atoms with Crippen molar-refractivity contribution in [1.29, 1.82) is 0 Å². The molecule has 1 atom stereocenters. The summed E-state index contributed by atoms with van der Waals surface area (Å²) in [6.45, 7) is 3.72. The van der Waals surface area contributed by atoms with Crippen molar-refractivity contribution >= 4 is 17.7 Å². The Bertz CT molecular complexity index is 434. The van der Waals surface area contributed by atoms with Crippen LogP contribution in [-0.4, -0.2) is 40.4 Å². The van der Waals surface area contributed by atoms with Gasteiger partial charge in [0.15, 0.2) is 0 Å². The fourth-order valence-electron chi connectivity index (χ4n) is 1.94. The number of carbonyl (C=O) groups excluding carboxylic acids is 1. The minimum absolute atomic E-state index is 0.0282. The first kappa shape index (κ1) is 13.4. The van der Waals surface area contributed by atoms with Gasteiger partial charge in [0.25, 0.3) is 0 Å². The van der Waals surface area contributed by atoms with Crippen molar-refractivity contribution in [2.24, 2.45) is 0 Å². The van der Waals surface area contributed by atoms with E-state index in [0.717, 1.165) is 6.42 Å². The van der Waals surface area contributed by atoms with Crippen LogP contribution in [0.3, 0.4) is 0 Å². The lowest BCUT2D eigenvalue weighted by molar-refractivity contribution is -0.135. The predicted molar refractivity (Wildman–Crippen MR) is 73.7 cm³/mol. The first-order valence-electron chi connectivity index (χ1n) is 6.09. The highest BCUT2D eigenvalue weighted by Gasteiger charge is 2.35. The zero-order chi connectivity index (χ0) is 13.3. The van der Waals surface area contributed by atoms with Gasteiger partial charge in [-0.15, -0.1) is 11.8 Å². The van der Waals surface area contributed by atoms with Crippen LogP contribution in [0.25, 0.3) is 0 Å². The molecule has 1 aliphatic heterocycles. The van der Waals surface area contributed by atoms with Crippen LogP contribution in [0.4, 0.5) is 0 Å². The number of hydrogen-bond acceptors (Lipinski definition) is 3. The van der Waals surface area contributed by atoms with E-state index < -0.39 is 5.54 Å². The van der Waals surface area contributed by atoms with Gasteiger partial charge >= 0.3 is 0 Å². The fourth-order valence-corrected chi connectivity index (χ4v) is 3.23. The molecule has 1 heterocycles. The molecule has 98 valence electrons. The zero-order valence-corrected chi connectivity index (χ0v) is 11.8. The quantitative estimate of drug-likeness (QED) is 0.908. The first-order valence-corrected chi connectivity index (χ1v) is 6.97. The SMILES string of the molecule is CN(C(=O)C1Cc2ccccc2S1)C(C)(C)CO. The summed E-state index contributed by atoms with van der Waals surface area (Å²) < 4.78 is 0. The number of aliphatic hydroxyl groups excluding tert-OH is 1. The maximum atomic E-state index is 12.4. The van der Waals surface area contributed by atoms with Gasteiger partial charge in [0, 0.05) is 11.9 Å². The monoisotopic (exact) mass is 265 g/mol. The number of aliphatic hydroxyl groups is 1. The molecule has 0 aromatic heterocycles. The van der Waals surface area contributed by atoms with Crippen molar-refractivity contribution in [2.75, 3.05) is 13.7 Å². The first-order chi connectivity index (χ1) is 8.45. The van der Waals surface area contributed by atoms with Gasteiger partial charge < -0.3 is 10.0 Å². The Morgan fingerprint density at radius 2 is 2.17 bits per heavy atom. The third kappa shape index (κ3) is 2.40. The second-order valence-corrected chi connectivity index (χ2v) is 6.53. The van der Waals surface area contributed by atoms with Crippen molar-refractivity contribution < 1.29 is 9.90 Å². The Kier molecular flexibility index (Phi) is 3.69. The number of nitrogens with zero attached hydrogens (tertiary/aromatic N) is 1. The molecule has 1 N–H and O–H groups in total. The van der Waals surface area contributed by atoms with Crippen molar-refractivity contribution in [1.82, 2.24) is 4.90 Å². The van der Waals surface area contributed by atoms with E-state index in [1.165, 1.54) is 10.5 Å². The van der Waals surface area contributed by atoms with Gasteiger partial charge in [0.2, 0.25) is 5.91 Å². The molecule has 0 saturated heterocycles. The van der Waals surface area contributed by atoms with Crippen molar-refractivity contribution in [3.63, 3.8) is 0 Å². The molecular weight excluding hydrogens is 246 g/mol. The minimum atomic E-state index is -0.508. The molecule has 2 rings (SSSR count). The van der Waals surface area contributed by atoms with E-state index in [0.29, 0.717) is 0 Å². The minimum Gasteiger partial charge on any atom is -0.394 e. The normalized spacial score (nSPS) is 18.6. The van der Waals surface area contributed by atoms with Crippen LogP contribution in [0, 0.1) is 0 Å². The number of rotatable bonds is 3. The highest BCUT2D eigenvalue weighted by atomic mass is 32.2. The van der Waals surface area contributed by atoms with E-state index >= 15 is 0 Å². The number of amides is 1. The number of thioether (sulfide) groups is 1. The number of hydrogen-bond donors (Lipinski definition) is 1. The highest BCUT2D eigenvalue weighted by Crippen LogP contribution is 2.38. The number of benzene rings is 1. The summed E-state index contributed by atoms with van der Waals surface area (Å²) in [5.74, 6) is 0.0928. The Morgan fingerprint density at radius 1 is 1.50 bits per heavy atom. The molecule has 1 aromatic rings. The Morgan fingerprint density at radius 3 is 2.78 bits per heavy atom. The average Bonchev–Trinajstić information content (AvgIpc) is 2.80. The zero-order valence-electron chi connectivity index (χ0n) is 11.0. The second-order valence-electron chi connectivity index (χ2n) is 5.29. The molecule has 4 heteroatoms.